The molecule has 0 saturated carbocycles. The number of nitrogens with one attached hydrogen (secondary N) is 1. The van der Waals surface area contributed by atoms with E-state index in [-0.39, 0.29) is 9.47 Å². The molecular weight excluding hydrogens is 291 g/mol. The molecule has 0 bridgehead atoms. The number of rotatable bonds is 2. The number of hydrogen-bond donors (Lipinski definition) is 1. The summed E-state index contributed by atoms with van der Waals surface area (Å²) in [5, 5.41) is 8.71. The molecule has 94 valence electrons. The first-order chi connectivity index (χ1) is 8.47. The van der Waals surface area contributed by atoms with Crippen molar-refractivity contribution in [2.45, 2.75) is 0 Å². The number of carbonyl (C=O) groups is 1. The van der Waals surface area contributed by atoms with E-state index < -0.39 is 29.0 Å². The maximum atomic E-state index is 13.2. The van der Waals surface area contributed by atoms with Crippen molar-refractivity contribution in [2.75, 3.05) is 5.32 Å². The van der Waals surface area contributed by atoms with E-state index in [1.54, 1.807) is 0 Å². The Bertz CT molecular complexity index is 619. The highest BCUT2D eigenvalue weighted by Gasteiger charge is 2.16. The Labute approximate surface area is 107 Å². The molecule has 2 aromatic rings. The van der Waals surface area contributed by atoms with Crippen LogP contribution in [-0.4, -0.2) is 16.1 Å². The van der Waals surface area contributed by atoms with Crippen LogP contribution >= 0.6 is 22.9 Å². The first-order valence-corrected chi connectivity index (χ1v) is 5.61. The number of aromatic nitrogens is 2. The Balaban J connectivity index is 2.24. The van der Waals surface area contributed by atoms with Gasteiger partial charge in [-0.05, 0) is 11.6 Å². The zero-order chi connectivity index (χ0) is 13.3. The summed E-state index contributed by atoms with van der Waals surface area (Å²) in [6, 6.07) is 0.864. The molecule has 9 heteroatoms. The maximum Gasteiger partial charge on any atom is 0.286 e. The van der Waals surface area contributed by atoms with Crippen LogP contribution < -0.4 is 5.32 Å². The van der Waals surface area contributed by atoms with E-state index in [1.807, 2.05) is 5.32 Å². The molecule has 1 amide bonds. The number of benzene rings is 1. The van der Waals surface area contributed by atoms with Crippen molar-refractivity contribution >= 4 is 34.5 Å². The highest BCUT2D eigenvalue weighted by atomic mass is 35.5. The molecule has 1 N–H and O–H groups in total. The second-order valence-electron chi connectivity index (χ2n) is 3.06. The lowest BCUT2D eigenvalue weighted by atomic mass is 10.3. The number of anilines is 1. The van der Waals surface area contributed by atoms with E-state index in [0.717, 1.165) is 11.3 Å². The van der Waals surface area contributed by atoms with Gasteiger partial charge in [-0.25, -0.2) is 13.2 Å². The first-order valence-electron chi connectivity index (χ1n) is 4.42. The predicted molar refractivity (Wildman–Crippen MR) is 59.2 cm³/mol. The normalized spacial score (nSPS) is 10.4. The molecule has 0 aliphatic carbocycles. The molecule has 18 heavy (non-hydrogen) atoms. The molecule has 0 fully saturated rings. The summed E-state index contributed by atoms with van der Waals surface area (Å²) in [5.41, 5.74) is -0.495. The Kier molecular flexibility index (Phi) is 3.48. The summed E-state index contributed by atoms with van der Waals surface area (Å²) in [6.45, 7) is 0. The standard InChI is InChI=1S/C9H3ClF3N3OS/c10-9-16-15-8(18-9)7(17)14-6-2-4(12)3(11)1-5(6)13/h1-2H,(H,14,17). The molecule has 1 aromatic heterocycles. The molecule has 0 saturated heterocycles. The Morgan fingerprint density at radius 3 is 2.44 bits per heavy atom. The molecular formula is C9H3ClF3N3OS. The van der Waals surface area contributed by atoms with Crippen LogP contribution in [0.2, 0.25) is 4.47 Å². The zero-order valence-corrected chi connectivity index (χ0v) is 9.95. The lowest BCUT2D eigenvalue weighted by molar-refractivity contribution is 0.102. The Morgan fingerprint density at radius 2 is 1.83 bits per heavy atom. The highest BCUT2D eigenvalue weighted by molar-refractivity contribution is 7.17. The van der Waals surface area contributed by atoms with Crippen molar-refractivity contribution in [3.8, 4) is 0 Å². The van der Waals surface area contributed by atoms with Gasteiger partial charge in [0.15, 0.2) is 11.6 Å². The minimum Gasteiger partial charge on any atom is -0.317 e. The van der Waals surface area contributed by atoms with Gasteiger partial charge in [-0.3, -0.25) is 4.79 Å². The molecule has 0 atom stereocenters. The zero-order valence-electron chi connectivity index (χ0n) is 8.38. The van der Waals surface area contributed by atoms with Crippen LogP contribution in [0.4, 0.5) is 18.9 Å². The number of hydrogen-bond acceptors (Lipinski definition) is 4. The molecule has 1 heterocycles. The van der Waals surface area contributed by atoms with Crippen LogP contribution in [0.15, 0.2) is 12.1 Å². The summed E-state index contributed by atoms with van der Waals surface area (Å²) in [7, 11) is 0. The van der Waals surface area contributed by atoms with Gasteiger partial charge in [0.05, 0.1) is 5.69 Å². The fourth-order valence-corrected chi connectivity index (χ4v) is 1.81. The molecule has 0 aliphatic rings. The van der Waals surface area contributed by atoms with Gasteiger partial charge in [-0.1, -0.05) is 11.3 Å². The summed E-state index contributed by atoms with van der Waals surface area (Å²) in [4.78, 5) is 11.5. The smallest absolute Gasteiger partial charge is 0.286 e. The fraction of sp³-hybridized carbons (Fsp3) is 0. The van der Waals surface area contributed by atoms with Gasteiger partial charge in [-0.2, -0.15) is 0 Å². The second-order valence-corrected chi connectivity index (χ2v) is 4.62. The van der Waals surface area contributed by atoms with Crippen LogP contribution in [-0.2, 0) is 0 Å². The van der Waals surface area contributed by atoms with Gasteiger partial charge in [0, 0.05) is 12.1 Å². The van der Waals surface area contributed by atoms with Crippen LogP contribution in [0.1, 0.15) is 9.80 Å². The molecule has 0 unspecified atom stereocenters. The molecule has 4 nitrogen and oxygen atoms in total. The van der Waals surface area contributed by atoms with Gasteiger partial charge in [0.1, 0.15) is 5.82 Å². The summed E-state index contributed by atoms with van der Waals surface area (Å²) >= 11 is 6.24. The van der Waals surface area contributed by atoms with Gasteiger partial charge in [0.2, 0.25) is 9.47 Å². The number of carbonyl (C=O) groups excluding carboxylic acids is 1. The quantitative estimate of drug-likeness (QED) is 0.866. The summed E-state index contributed by atoms with van der Waals surface area (Å²) < 4.78 is 38.8. The van der Waals surface area contributed by atoms with Crippen LogP contribution in [0, 0.1) is 17.5 Å². The average Bonchev–Trinajstić information content (AvgIpc) is 2.73. The third-order valence-corrected chi connectivity index (χ3v) is 2.87. The highest BCUT2D eigenvalue weighted by Crippen LogP contribution is 2.20. The van der Waals surface area contributed by atoms with Gasteiger partial charge in [0.25, 0.3) is 5.91 Å². The van der Waals surface area contributed by atoms with E-state index in [2.05, 4.69) is 10.2 Å². The van der Waals surface area contributed by atoms with E-state index in [9.17, 15) is 18.0 Å². The predicted octanol–water partition coefficient (Wildman–Crippen LogP) is 2.86. The van der Waals surface area contributed by atoms with Crippen molar-refractivity contribution in [2.24, 2.45) is 0 Å². The third-order valence-electron chi connectivity index (χ3n) is 1.85. The second kappa shape index (κ2) is 4.91. The summed E-state index contributed by atoms with van der Waals surface area (Å²) in [5.74, 6) is -4.53. The van der Waals surface area contributed by atoms with Crippen molar-refractivity contribution in [1.82, 2.24) is 10.2 Å². The van der Waals surface area contributed by atoms with Gasteiger partial charge in [-0.15, -0.1) is 10.2 Å². The maximum absolute atomic E-state index is 13.2. The Morgan fingerprint density at radius 1 is 1.17 bits per heavy atom. The molecule has 0 aliphatic heterocycles. The van der Waals surface area contributed by atoms with Crippen molar-refractivity contribution in [3.05, 3.63) is 39.1 Å². The number of amides is 1. The van der Waals surface area contributed by atoms with Gasteiger partial charge < -0.3 is 5.32 Å². The van der Waals surface area contributed by atoms with Crippen molar-refractivity contribution in [1.29, 1.82) is 0 Å². The van der Waals surface area contributed by atoms with Crippen molar-refractivity contribution in [3.63, 3.8) is 0 Å². The number of nitrogens with zero attached hydrogens (tertiary/aromatic N) is 2. The monoisotopic (exact) mass is 293 g/mol. The third kappa shape index (κ3) is 2.59. The lowest BCUT2D eigenvalue weighted by Crippen LogP contribution is -2.13. The fourth-order valence-electron chi connectivity index (χ4n) is 1.09. The minimum atomic E-state index is -1.34. The largest absolute Gasteiger partial charge is 0.317 e. The van der Waals surface area contributed by atoms with E-state index in [0.29, 0.717) is 12.1 Å². The van der Waals surface area contributed by atoms with Gasteiger partial charge >= 0.3 is 0 Å². The molecule has 0 radical (unpaired) electrons. The molecule has 0 spiro atoms. The molecule has 2 rings (SSSR count). The summed E-state index contributed by atoms with van der Waals surface area (Å²) in [6.07, 6.45) is 0. The first kappa shape index (κ1) is 12.8. The number of halogens is 4. The van der Waals surface area contributed by atoms with Crippen LogP contribution in [0.3, 0.4) is 0 Å². The lowest BCUT2D eigenvalue weighted by Gasteiger charge is -2.04. The molecule has 1 aromatic carbocycles. The topological polar surface area (TPSA) is 54.9 Å². The van der Waals surface area contributed by atoms with E-state index in [1.165, 1.54) is 0 Å². The van der Waals surface area contributed by atoms with E-state index >= 15 is 0 Å². The van der Waals surface area contributed by atoms with Crippen LogP contribution in [0.5, 0.6) is 0 Å². The van der Waals surface area contributed by atoms with Crippen LogP contribution in [0.25, 0.3) is 0 Å². The average molecular weight is 294 g/mol. The Hall–Kier alpha value is -1.67. The van der Waals surface area contributed by atoms with E-state index in [4.69, 9.17) is 11.6 Å². The minimum absolute atomic E-state index is 0.0332. The SMILES string of the molecule is O=C(Nc1cc(F)c(F)cc1F)c1nnc(Cl)s1. The van der Waals surface area contributed by atoms with Crippen molar-refractivity contribution < 1.29 is 18.0 Å².